The van der Waals surface area contributed by atoms with Crippen molar-refractivity contribution in [2.75, 3.05) is 38.5 Å². The molecule has 1 aliphatic carbocycles. The highest BCUT2D eigenvalue weighted by Gasteiger charge is 2.38. The Morgan fingerprint density at radius 3 is 2.54 bits per heavy atom. The highest BCUT2D eigenvalue weighted by molar-refractivity contribution is 7.89. The zero-order valence-electron chi connectivity index (χ0n) is 15.6. The monoisotopic (exact) mass is 378 g/mol. The summed E-state index contributed by atoms with van der Waals surface area (Å²) in [6.07, 6.45) is 4.33. The number of hydrogen-bond acceptors (Lipinski definition) is 3. The van der Waals surface area contributed by atoms with Gasteiger partial charge in [0.05, 0.1) is 12.3 Å². The van der Waals surface area contributed by atoms with Crippen molar-refractivity contribution < 1.29 is 8.42 Å². The molecule has 1 aliphatic heterocycles. The first kappa shape index (κ1) is 19.2. The molecule has 1 aromatic rings. The average molecular weight is 379 g/mol. The van der Waals surface area contributed by atoms with Gasteiger partial charge in [0, 0.05) is 31.6 Å². The summed E-state index contributed by atoms with van der Waals surface area (Å²) in [5.74, 6) is 1.05. The molecule has 0 radical (unpaired) electrons. The molecule has 0 atom stereocenters. The van der Waals surface area contributed by atoms with E-state index in [1.807, 2.05) is 6.92 Å². The van der Waals surface area contributed by atoms with Gasteiger partial charge in [-0.25, -0.2) is 12.7 Å². The highest BCUT2D eigenvalue weighted by atomic mass is 32.2. The van der Waals surface area contributed by atoms with E-state index in [9.17, 15) is 8.42 Å². The summed E-state index contributed by atoms with van der Waals surface area (Å²) in [6.45, 7) is 5.29. The molecular formula is C19H30N4O2S. The standard InChI is InChI=1S/C19H30N4O2S/c1-2-20-18(21-12-14-23-13-7-15-26(23,24)25)22-16-19(10-6-11-19)17-8-4-3-5-9-17/h3-5,8-9H,2,6-7,10-16H2,1H3,(H2,20,21,22). The van der Waals surface area contributed by atoms with E-state index in [0.29, 0.717) is 19.6 Å². The SMILES string of the molecule is CCNC(=NCC1(c2ccccc2)CCC1)NCCN1CCCS1(=O)=O. The Kier molecular flexibility index (Phi) is 6.19. The summed E-state index contributed by atoms with van der Waals surface area (Å²) >= 11 is 0. The zero-order chi connectivity index (χ0) is 18.5. The zero-order valence-corrected chi connectivity index (χ0v) is 16.4. The molecule has 144 valence electrons. The molecule has 0 bridgehead atoms. The van der Waals surface area contributed by atoms with Gasteiger partial charge in [0.1, 0.15) is 0 Å². The van der Waals surface area contributed by atoms with E-state index >= 15 is 0 Å². The van der Waals surface area contributed by atoms with E-state index in [2.05, 4.69) is 41.0 Å². The number of rotatable bonds is 7. The smallest absolute Gasteiger partial charge is 0.214 e. The van der Waals surface area contributed by atoms with Gasteiger partial charge in [-0.05, 0) is 31.7 Å². The molecule has 0 spiro atoms. The third-order valence-electron chi connectivity index (χ3n) is 5.44. The maximum atomic E-state index is 11.9. The van der Waals surface area contributed by atoms with Crippen LogP contribution in [-0.4, -0.2) is 57.2 Å². The molecular weight excluding hydrogens is 348 g/mol. The normalized spacial score (nSPS) is 22.0. The van der Waals surface area contributed by atoms with Gasteiger partial charge in [-0.1, -0.05) is 36.8 Å². The van der Waals surface area contributed by atoms with Crippen LogP contribution in [0.4, 0.5) is 0 Å². The maximum Gasteiger partial charge on any atom is 0.214 e. The van der Waals surface area contributed by atoms with Crippen LogP contribution in [0.3, 0.4) is 0 Å². The van der Waals surface area contributed by atoms with Crippen LogP contribution in [0.25, 0.3) is 0 Å². The predicted octanol–water partition coefficient (Wildman–Crippen LogP) is 1.70. The molecule has 2 N–H and O–H groups in total. The Bertz CT molecular complexity index is 714. The topological polar surface area (TPSA) is 73.8 Å². The maximum absolute atomic E-state index is 11.9. The largest absolute Gasteiger partial charge is 0.357 e. The molecule has 6 nitrogen and oxygen atoms in total. The first-order valence-corrected chi connectivity index (χ1v) is 11.2. The van der Waals surface area contributed by atoms with Crippen molar-refractivity contribution in [1.82, 2.24) is 14.9 Å². The van der Waals surface area contributed by atoms with E-state index in [-0.39, 0.29) is 11.2 Å². The molecule has 1 saturated heterocycles. The summed E-state index contributed by atoms with van der Waals surface area (Å²) in [5, 5.41) is 6.56. The van der Waals surface area contributed by atoms with Gasteiger partial charge >= 0.3 is 0 Å². The van der Waals surface area contributed by atoms with Crippen LogP contribution in [0, 0.1) is 0 Å². The Morgan fingerprint density at radius 1 is 1.19 bits per heavy atom. The lowest BCUT2D eigenvalue weighted by molar-refractivity contribution is 0.253. The molecule has 3 rings (SSSR count). The van der Waals surface area contributed by atoms with Crippen LogP contribution < -0.4 is 10.6 Å². The van der Waals surface area contributed by atoms with Crippen molar-refractivity contribution in [1.29, 1.82) is 0 Å². The van der Waals surface area contributed by atoms with E-state index in [0.717, 1.165) is 25.5 Å². The van der Waals surface area contributed by atoms with Crippen molar-refractivity contribution in [2.24, 2.45) is 4.99 Å². The number of hydrogen-bond donors (Lipinski definition) is 2. The minimum atomic E-state index is -3.03. The van der Waals surface area contributed by atoms with Crippen LogP contribution in [0.1, 0.15) is 38.2 Å². The van der Waals surface area contributed by atoms with Gasteiger partial charge in [-0.2, -0.15) is 0 Å². The first-order valence-electron chi connectivity index (χ1n) is 9.61. The summed E-state index contributed by atoms with van der Waals surface area (Å²) in [6, 6.07) is 10.6. The van der Waals surface area contributed by atoms with Gasteiger partial charge in [-0.3, -0.25) is 4.99 Å². The molecule has 2 aliphatic rings. The van der Waals surface area contributed by atoms with Crippen LogP contribution >= 0.6 is 0 Å². The van der Waals surface area contributed by atoms with Gasteiger partial charge in [-0.15, -0.1) is 0 Å². The molecule has 2 fully saturated rings. The Morgan fingerprint density at radius 2 is 1.96 bits per heavy atom. The van der Waals surface area contributed by atoms with E-state index in [1.165, 1.54) is 24.8 Å². The lowest BCUT2D eigenvalue weighted by Gasteiger charge is -2.41. The van der Waals surface area contributed by atoms with Crippen molar-refractivity contribution >= 4 is 16.0 Å². The fourth-order valence-electron chi connectivity index (χ4n) is 3.75. The van der Waals surface area contributed by atoms with E-state index in [1.54, 1.807) is 4.31 Å². The fourth-order valence-corrected chi connectivity index (χ4v) is 5.28. The van der Waals surface area contributed by atoms with Crippen LogP contribution in [-0.2, 0) is 15.4 Å². The number of guanidine groups is 1. The molecule has 0 unspecified atom stereocenters. The number of benzene rings is 1. The predicted molar refractivity (Wildman–Crippen MR) is 106 cm³/mol. The van der Waals surface area contributed by atoms with Gasteiger partial charge in [0.25, 0.3) is 0 Å². The Balaban J connectivity index is 1.58. The van der Waals surface area contributed by atoms with Crippen LogP contribution in [0.15, 0.2) is 35.3 Å². The first-order chi connectivity index (χ1) is 12.6. The van der Waals surface area contributed by atoms with E-state index in [4.69, 9.17) is 4.99 Å². The van der Waals surface area contributed by atoms with Crippen molar-refractivity contribution in [3.8, 4) is 0 Å². The second kappa shape index (κ2) is 8.39. The van der Waals surface area contributed by atoms with Crippen molar-refractivity contribution in [3.63, 3.8) is 0 Å². The van der Waals surface area contributed by atoms with Crippen LogP contribution in [0.5, 0.6) is 0 Å². The molecule has 0 amide bonds. The quantitative estimate of drug-likeness (QED) is 0.559. The molecule has 1 saturated carbocycles. The Hall–Kier alpha value is -1.60. The summed E-state index contributed by atoms with van der Waals surface area (Å²) in [5.41, 5.74) is 1.52. The lowest BCUT2D eigenvalue weighted by atomic mass is 9.64. The van der Waals surface area contributed by atoms with Gasteiger partial charge in [0.15, 0.2) is 5.96 Å². The second-order valence-corrected chi connectivity index (χ2v) is 9.28. The molecule has 7 heteroatoms. The minimum Gasteiger partial charge on any atom is -0.357 e. The average Bonchev–Trinajstić information content (AvgIpc) is 2.93. The molecule has 1 aromatic carbocycles. The highest BCUT2D eigenvalue weighted by Crippen LogP contribution is 2.43. The van der Waals surface area contributed by atoms with Gasteiger partial charge < -0.3 is 10.6 Å². The number of nitrogens with one attached hydrogen (secondary N) is 2. The second-order valence-electron chi connectivity index (χ2n) is 7.19. The third kappa shape index (κ3) is 4.38. The molecule has 26 heavy (non-hydrogen) atoms. The minimum absolute atomic E-state index is 0.155. The van der Waals surface area contributed by atoms with E-state index < -0.39 is 10.0 Å². The van der Waals surface area contributed by atoms with Crippen molar-refractivity contribution in [3.05, 3.63) is 35.9 Å². The third-order valence-corrected chi connectivity index (χ3v) is 7.39. The molecule has 1 heterocycles. The Labute approximate surface area is 157 Å². The summed E-state index contributed by atoms with van der Waals surface area (Å²) < 4.78 is 25.3. The number of aliphatic imine (C=N–C) groups is 1. The lowest BCUT2D eigenvalue weighted by Crippen LogP contribution is -2.44. The number of sulfonamides is 1. The number of nitrogens with zero attached hydrogens (tertiary/aromatic N) is 2. The van der Waals surface area contributed by atoms with Crippen molar-refractivity contribution in [2.45, 2.75) is 38.0 Å². The summed E-state index contributed by atoms with van der Waals surface area (Å²) in [4.78, 5) is 4.81. The van der Waals surface area contributed by atoms with Gasteiger partial charge in [0.2, 0.25) is 10.0 Å². The fraction of sp³-hybridized carbons (Fsp3) is 0.632. The molecule has 0 aromatic heterocycles. The summed E-state index contributed by atoms with van der Waals surface area (Å²) in [7, 11) is -3.03. The van der Waals surface area contributed by atoms with Crippen LogP contribution in [0.2, 0.25) is 0 Å².